The molecule has 7 nitrogen and oxygen atoms in total. The number of carbonyl (C=O) groups excluding carboxylic acids is 2. The highest BCUT2D eigenvalue weighted by molar-refractivity contribution is 5.94. The fourth-order valence-corrected chi connectivity index (χ4v) is 3.36. The molecule has 1 saturated heterocycles. The Morgan fingerprint density at radius 2 is 1.56 bits per heavy atom. The first kappa shape index (κ1) is 18.9. The fourth-order valence-electron chi connectivity index (χ4n) is 3.36. The molecule has 7 heteroatoms. The van der Waals surface area contributed by atoms with Crippen molar-refractivity contribution in [1.29, 1.82) is 0 Å². The zero-order chi connectivity index (χ0) is 19.4. The summed E-state index contributed by atoms with van der Waals surface area (Å²) in [6.07, 6.45) is 1.76. The summed E-state index contributed by atoms with van der Waals surface area (Å²) in [4.78, 5) is 30.7. The van der Waals surface area contributed by atoms with Crippen LogP contribution in [0.25, 0.3) is 5.69 Å². The van der Waals surface area contributed by atoms with Gasteiger partial charge in [-0.3, -0.25) is 4.79 Å². The molecule has 2 aromatic rings. The molecule has 27 heavy (non-hydrogen) atoms. The molecule has 3 amide bonds. The molecule has 0 aliphatic carbocycles. The average Bonchev–Trinajstić information content (AvgIpc) is 3.14. The van der Waals surface area contributed by atoms with Crippen LogP contribution < -0.4 is 0 Å². The molecule has 0 spiro atoms. The lowest BCUT2D eigenvalue weighted by Crippen LogP contribution is -2.54. The molecule has 1 aromatic carbocycles. The van der Waals surface area contributed by atoms with Crippen LogP contribution in [-0.2, 0) is 0 Å². The maximum Gasteiger partial charge on any atom is 0.320 e. The van der Waals surface area contributed by atoms with Gasteiger partial charge >= 0.3 is 6.03 Å². The number of amides is 3. The van der Waals surface area contributed by atoms with Crippen LogP contribution in [0.3, 0.4) is 0 Å². The van der Waals surface area contributed by atoms with Crippen LogP contribution >= 0.6 is 0 Å². The third kappa shape index (κ3) is 3.97. The predicted molar refractivity (Wildman–Crippen MR) is 104 cm³/mol. The van der Waals surface area contributed by atoms with Gasteiger partial charge in [0.15, 0.2) is 0 Å². The highest BCUT2D eigenvalue weighted by atomic mass is 16.2. The van der Waals surface area contributed by atoms with E-state index in [1.807, 2.05) is 70.5 Å². The number of carbonyl (C=O) groups is 2. The van der Waals surface area contributed by atoms with Crippen molar-refractivity contribution in [2.75, 3.05) is 39.3 Å². The SMILES string of the molecule is CCN(CC)C(=O)N1CCN(C(=O)c2ccc(-n3nccc3C)cc2)CC1. The first-order valence-electron chi connectivity index (χ1n) is 9.49. The van der Waals surface area contributed by atoms with Gasteiger partial charge in [0.25, 0.3) is 5.91 Å². The lowest BCUT2D eigenvalue weighted by Gasteiger charge is -2.37. The van der Waals surface area contributed by atoms with Crippen LogP contribution in [0.1, 0.15) is 29.9 Å². The summed E-state index contributed by atoms with van der Waals surface area (Å²) in [5, 5.41) is 4.28. The van der Waals surface area contributed by atoms with Crippen LogP contribution in [-0.4, -0.2) is 75.7 Å². The Balaban J connectivity index is 1.61. The van der Waals surface area contributed by atoms with Gasteiger partial charge in [-0.1, -0.05) is 0 Å². The minimum Gasteiger partial charge on any atom is -0.335 e. The monoisotopic (exact) mass is 369 g/mol. The van der Waals surface area contributed by atoms with Crippen molar-refractivity contribution in [3.63, 3.8) is 0 Å². The van der Waals surface area contributed by atoms with Crippen molar-refractivity contribution in [2.45, 2.75) is 20.8 Å². The molecule has 1 fully saturated rings. The van der Waals surface area contributed by atoms with Gasteiger partial charge in [0.05, 0.1) is 5.69 Å². The standard InChI is InChI=1S/C20H27N5O2/c1-4-22(5-2)20(27)24-14-12-23(13-15-24)19(26)17-6-8-18(9-7-17)25-16(3)10-11-21-25/h6-11H,4-5,12-15H2,1-3H3. The highest BCUT2D eigenvalue weighted by Gasteiger charge is 2.26. The summed E-state index contributed by atoms with van der Waals surface area (Å²) in [5.41, 5.74) is 2.64. The molecule has 0 saturated carbocycles. The second kappa shape index (κ2) is 8.24. The van der Waals surface area contributed by atoms with Crippen LogP contribution in [0.2, 0.25) is 0 Å². The number of nitrogens with zero attached hydrogens (tertiary/aromatic N) is 5. The number of hydrogen-bond donors (Lipinski definition) is 0. The summed E-state index contributed by atoms with van der Waals surface area (Å²) < 4.78 is 1.84. The lowest BCUT2D eigenvalue weighted by atomic mass is 10.1. The van der Waals surface area contributed by atoms with E-state index in [9.17, 15) is 9.59 Å². The summed E-state index contributed by atoms with van der Waals surface area (Å²) in [7, 11) is 0. The molecule has 0 bridgehead atoms. The average molecular weight is 369 g/mol. The third-order valence-electron chi connectivity index (χ3n) is 5.06. The van der Waals surface area contributed by atoms with Crippen LogP contribution in [0, 0.1) is 6.92 Å². The van der Waals surface area contributed by atoms with E-state index < -0.39 is 0 Å². The van der Waals surface area contributed by atoms with Crippen LogP contribution in [0.5, 0.6) is 0 Å². The largest absolute Gasteiger partial charge is 0.335 e. The third-order valence-corrected chi connectivity index (χ3v) is 5.06. The van der Waals surface area contributed by atoms with E-state index in [0.717, 1.165) is 11.4 Å². The van der Waals surface area contributed by atoms with Gasteiger partial charge in [-0.05, 0) is 51.1 Å². The number of aryl methyl sites for hydroxylation is 1. The molecule has 2 heterocycles. The van der Waals surface area contributed by atoms with Crippen molar-refractivity contribution in [2.24, 2.45) is 0 Å². The van der Waals surface area contributed by atoms with E-state index in [0.29, 0.717) is 44.8 Å². The summed E-state index contributed by atoms with van der Waals surface area (Å²) in [5.74, 6) is 0.00803. The van der Waals surface area contributed by atoms with E-state index in [2.05, 4.69) is 5.10 Å². The molecule has 3 rings (SSSR count). The Bertz CT molecular complexity index is 787. The van der Waals surface area contributed by atoms with Crippen LogP contribution in [0.15, 0.2) is 36.5 Å². The van der Waals surface area contributed by atoms with Crippen molar-refractivity contribution in [1.82, 2.24) is 24.5 Å². The van der Waals surface area contributed by atoms with Crippen molar-refractivity contribution in [3.05, 3.63) is 47.8 Å². The van der Waals surface area contributed by atoms with Crippen molar-refractivity contribution >= 4 is 11.9 Å². The Morgan fingerprint density at radius 1 is 0.963 bits per heavy atom. The van der Waals surface area contributed by atoms with Crippen molar-refractivity contribution in [3.8, 4) is 5.69 Å². The number of hydrogen-bond acceptors (Lipinski definition) is 3. The van der Waals surface area contributed by atoms with E-state index in [1.54, 1.807) is 6.20 Å². The topological polar surface area (TPSA) is 61.7 Å². The molecule has 0 N–H and O–H groups in total. The van der Waals surface area contributed by atoms with E-state index in [4.69, 9.17) is 0 Å². The molecule has 0 radical (unpaired) electrons. The minimum absolute atomic E-state index is 0.00803. The smallest absolute Gasteiger partial charge is 0.320 e. The zero-order valence-electron chi connectivity index (χ0n) is 16.3. The van der Waals surface area contributed by atoms with Gasteiger partial charge in [0.2, 0.25) is 0 Å². The Kier molecular flexibility index (Phi) is 5.78. The maximum absolute atomic E-state index is 12.8. The second-order valence-electron chi connectivity index (χ2n) is 6.67. The number of aromatic nitrogens is 2. The number of urea groups is 1. The van der Waals surface area contributed by atoms with Crippen molar-refractivity contribution < 1.29 is 9.59 Å². The Hall–Kier alpha value is -2.83. The fraction of sp³-hybridized carbons (Fsp3) is 0.450. The normalized spacial score (nSPS) is 14.3. The number of rotatable bonds is 4. The molecule has 1 aromatic heterocycles. The maximum atomic E-state index is 12.8. The Labute approximate surface area is 160 Å². The molecule has 1 aliphatic rings. The first-order chi connectivity index (χ1) is 13.0. The summed E-state index contributed by atoms with van der Waals surface area (Å²) in [6, 6.07) is 9.50. The lowest BCUT2D eigenvalue weighted by molar-refractivity contribution is 0.0641. The zero-order valence-corrected chi connectivity index (χ0v) is 16.3. The van der Waals surface area contributed by atoms with Gasteiger partial charge in [-0.15, -0.1) is 0 Å². The minimum atomic E-state index is 0.00803. The van der Waals surface area contributed by atoms with Gasteiger partial charge in [-0.25, -0.2) is 9.48 Å². The van der Waals surface area contributed by atoms with E-state index in [1.165, 1.54) is 0 Å². The molecule has 0 unspecified atom stereocenters. The summed E-state index contributed by atoms with van der Waals surface area (Å²) in [6.45, 7) is 9.64. The van der Waals surface area contributed by atoms with E-state index >= 15 is 0 Å². The van der Waals surface area contributed by atoms with Gasteiger partial charge < -0.3 is 14.7 Å². The predicted octanol–water partition coefficient (Wildman–Crippen LogP) is 2.40. The highest BCUT2D eigenvalue weighted by Crippen LogP contribution is 2.14. The molecule has 144 valence electrons. The van der Waals surface area contributed by atoms with Crippen LogP contribution in [0.4, 0.5) is 4.79 Å². The Morgan fingerprint density at radius 3 is 2.07 bits per heavy atom. The number of piperazine rings is 1. The van der Waals surface area contributed by atoms with E-state index in [-0.39, 0.29) is 11.9 Å². The van der Waals surface area contributed by atoms with Gasteiger partial charge in [0, 0.05) is 56.7 Å². The second-order valence-corrected chi connectivity index (χ2v) is 6.67. The molecule has 1 aliphatic heterocycles. The molecule has 0 atom stereocenters. The number of benzene rings is 1. The van der Waals surface area contributed by atoms with Gasteiger partial charge in [0.1, 0.15) is 0 Å². The molecular weight excluding hydrogens is 342 g/mol. The first-order valence-corrected chi connectivity index (χ1v) is 9.49. The summed E-state index contributed by atoms with van der Waals surface area (Å²) >= 11 is 0. The van der Waals surface area contributed by atoms with Gasteiger partial charge in [-0.2, -0.15) is 5.10 Å². The molecular formula is C20H27N5O2. The quantitative estimate of drug-likeness (QED) is 0.831.